The number of imidazole rings is 1. The molecule has 1 amide bonds. The first-order valence-corrected chi connectivity index (χ1v) is 5.34. The Bertz CT molecular complexity index is 476. The molecule has 0 radical (unpaired) electrons. The summed E-state index contributed by atoms with van der Waals surface area (Å²) in [4.78, 5) is 18.1. The number of amides is 1. The maximum absolute atomic E-state index is 11.6. The van der Waals surface area contributed by atoms with E-state index >= 15 is 0 Å². The van der Waals surface area contributed by atoms with Gasteiger partial charge in [-0.25, -0.2) is 4.98 Å². The smallest absolute Gasteiger partial charge is 0.269 e. The highest BCUT2D eigenvalue weighted by atomic mass is 16.1. The highest BCUT2D eigenvalue weighted by molar-refractivity contribution is 5.91. The van der Waals surface area contributed by atoms with Crippen molar-refractivity contribution in [3.63, 3.8) is 0 Å². The van der Waals surface area contributed by atoms with Crippen molar-refractivity contribution >= 4 is 5.91 Å². The van der Waals surface area contributed by atoms with E-state index in [9.17, 15) is 4.79 Å². The number of hydrogen-bond acceptors (Lipinski definition) is 3. The van der Waals surface area contributed by atoms with Gasteiger partial charge in [-0.3, -0.25) is 4.79 Å². The molecule has 2 rings (SSSR count). The highest BCUT2D eigenvalue weighted by Crippen LogP contribution is 2.03. The summed E-state index contributed by atoms with van der Waals surface area (Å²) in [6.45, 7) is 1.02. The predicted octanol–water partition coefficient (Wildman–Crippen LogP) is 0.798. The standard InChI is InChI=1S/C12H14N4O/c13-5-9-1-3-10(4-2-9)6-15-12(17)11-7-14-8-16-11/h1-4,7-8H,5-6,13H2,(H,14,16)(H,15,17). The van der Waals surface area contributed by atoms with Crippen LogP contribution in [0, 0.1) is 0 Å². The molecule has 0 atom stereocenters. The van der Waals surface area contributed by atoms with Crippen LogP contribution in [0.25, 0.3) is 0 Å². The van der Waals surface area contributed by atoms with Crippen molar-refractivity contribution in [3.05, 3.63) is 53.6 Å². The molecule has 0 fully saturated rings. The van der Waals surface area contributed by atoms with Gasteiger partial charge in [-0.1, -0.05) is 24.3 Å². The van der Waals surface area contributed by atoms with Gasteiger partial charge in [-0.2, -0.15) is 0 Å². The molecule has 0 saturated carbocycles. The van der Waals surface area contributed by atoms with E-state index in [-0.39, 0.29) is 5.91 Å². The van der Waals surface area contributed by atoms with Crippen molar-refractivity contribution in [2.24, 2.45) is 5.73 Å². The maximum atomic E-state index is 11.6. The molecule has 0 bridgehead atoms. The lowest BCUT2D eigenvalue weighted by atomic mass is 10.1. The quantitative estimate of drug-likeness (QED) is 0.726. The number of hydrogen-bond donors (Lipinski definition) is 3. The number of nitrogens with two attached hydrogens (primary N) is 1. The first-order chi connectivity index (χ1) is 8.29. The molecule has 88 valence electrons. The Morgan fingerprint density at radius 2 is 2.00 bits per heavy atom. The fraction of sp³-hybridized carbons (Fsp3) is 0.167. The molecule has 0 aliphatic heterocycles. The fourth-order valence-electron chi connectivity index (χ4n) is 1.45. The molecule has 1 aromatic heterocycles. The molecule has 4 N–H and O–H groups in total. The first-order valence-electron chi connectivity index (χ1n) is 5.34. The third-order valence-electron chi connectivity index (χ3n) is 2.45. The lowest BCUT2D eigenvalue weighted by molar-refractivity contribution is 0.0946. The molecule has 5 nitrogen and oxygen atoms in total. The van der Waals surface area contributed by atoms with Crippen LogP contribution < -0.4 is 11.1 Å². The van der Waals surface area contributed by atoms with Crippen molar-refractivity contribution in [2.75, 3.05) is 0 Å². The summed E-state index contributed by atoms with van der Waals surface area (Å²) in [6.07, 6.45) is 2.97. The molecular formula is C12H14N4O. The average Bonchev–Trinajstić information content (AvgIpc) is 2.90. The molecule has 0 spiro atoms. The van der Waals surface area contributed by atoms with E-state index in [1.54, 1.807) is 0 Å². The lowest BCUT2D eigenvalue weighted by Crippen LogP contribution is -2.23. The normalized spacial score (nSPS) is 10.2. The van der Waals surface area contributed by atoms with Crippen molar-refractivity contribution in [1.82, 2.24) is 15.3 Å². The van der Waals surface area contributed by atoms with E-state index in [0.29, 0.717) is 18.8 Å². The molecule has 0 aliphatic carbocycles. The second kappa shape index (κ2) is 5.27. The van der Waals surface area contributed by atoms with E-state index in [1.807, 2.05) is 24.3 Å². The van der Waals surface area contributed by atoms with Crippen LogP contribution in [0.1, 0.15) is 21.6 Å². The van der Waals surface area contributed by atoms with E-state index < -0.39 is 0 Å². The summed E-state index contributed by atoms with van der Waals surface area (Å²) in [7, 11) is 0. The van der Waals surface area contributed by atoms with Gasteiger partial charge in [-0.15, -0.1) is 0 Å². The molecule has 17 heavy (non-hydrogen) atoms. The highest BCUT2D eigenvalue weighted by Gasteiger charge is 2.05. The van der Waals surface area contributed by atoms with Crippen LogP contribution in [0.4, 0.5) is 0 Å². The Morgan fingerprint density at radius 1 is 1.29 bits per heavy atom. The topological polar surface area (TPSA) is 83.8 Å². The van der Waals surface area contributed by atoms with Crippen LogP contribution in [-0.2, 0) is 13.1 Å². The van der Waals surface area contributed by atoms with Crippen LogP contribution >= 0.6 is 0 Å². The summed E-state index contributed by atoms with van der Waals surface area (Å²) >= 11 is 0. The van der Waals surface area contributed by atoms with E-state index in [2.05, 4.69) is 15.3 Å². The molecule has 0 unspecified atom stereocenters. The van der Waals surface area contributed by atoms with Crippen LogP contribution in [0.15, 0.2) is 36.8 Å². The van der Waals surface area contributed by atoms with Crippen LogP contribution in [0.2, 0.25) is 0 Å². The summed E-state index contributed by atoms with van der Waals surface area (Å²) in [5.41, 5.74) is 8.08. The summed E-state index contributed by atoms with van der Waals surface area (Å²) in [6, 6.07) is 7.82. The minimum atomic E-state index is -0.162. The fourth-order valence-corrected chi connectivity index (χ4v) is 1.45. The van der Waals surface area contributed by atoms with Crippen LogP contribution in [-0.4, -0.2) is 15.9 Å². The molecule has 1 aromatic carbocycles. The van der Waals surface area contributed by atoms with E-state index in [1.165, 1.54) is 12.5 Å². The SMILES string of the molecule is NCc1ccc(CNC(=O)c2cnc[nH]2)cc1. The lowest BCUT2D eigenvalue weighted by Gasteiger charge is -2.04. The number of carbonyl (C=O) groups is 1. The Balaban J connectivity index is 1.91. The minimum absolute atomic E-state index is 0.162. The number of aromatic nitrogens is 2. The predicted molar refractivity (Wildman–Crippen MR) is 64.1 cm³/mol. The maximum Gasteiger partial charge on any atom is 0.269 e. The van der Waals surface area contributed by atoms with Crippen LogP contribution in [0.5, 0.6) is 0 Å². The Kier molecular flexibility index (Phi) is 3.52. The monoisotopic (exact) mass is 230 g/mol. The van der Waals surface area contributed by atoms with Crippen molar-refractivity contribution in [1.29, 1.82) is 0 Å². The van der Waals surface area contributed by atoms with Gasteiger partial charge in [0.2, 0.25) is 0 Å². The number of H-pyrrole nitrogens is 1. The van der Waals surface area contributed by atoms with Gasteiger partial charge >= 0.3 is 0 Å². The van der Waals surface area contributed by atoms with Crippen LogP contribution in [0.3, 0.4) is 0 Å². The third kappa shape index (κ3) is 2.92. The minimum Gasteiger partial charge on any atom is -0.347 e. The Labute approximate surface area is 99.1 Å². The second-order valence-corrected chi connectivity index (χ2v) is 3.67. The molecule has 1 heterocycles. The zero-order valence-electron chi connectivity index (χ0n) is 9.31. The first kappa shape index (κ1) is 11.3. The zero-order valence-corrected chi connectivity index (χ0v) is 9.31. The Hall–Kier alpha value is -2.14. The number of nitrogens with zero attached hydrogens (tertiary/aromatic N) is 1. The number of aromatic amines is 1. The van der Waals surface area contributed by atoms with Crippen molar-refractivity contribution in [3.8, 4) is 0 Å². The van der Waals surface area contributed by atoms with Gasteiger partial charge < -0.3 is 16.0 Å². The summed E-state index contributed by atoms with van der Waals surface area (Å²) < 4.78 is 0. The number of nitrogens with one attached hydrogen (secondary N) is 2. The van der Waals surface area contributed by atoms with Gasteiger partial charge in [0.15, 0.2) is 0 Å². The van der Waals surface area contributed by atoms with E-state index in [0.717, 1.165) is 11.1 Å². The van der Waals surface area contributed by atoms with Gasteiger partial charge in [0.25, 0.3) is 5.91 Å². The molecule has 5 heteroatoms. The van der Waals surface area contributed by atoms with Gasteiger partial charge in [0, 0.05) is 13.1 Å². The third-order valence-corrected chi connectivity index (χ3v) is 2.45. The summed E-state index contributed by atoms with van der Waals surface area (Å²) in [5, 5.41) is 2.80. The number of carbonyl (C=O) groups excluding carboxylic acids is 1. The van der Waals surface area contributed by atoms with Crippen molar-refractivity contribution in [2.45, 2.75) is 13.1 Å². The largest absolute Gasteiger partial charge is 0.347 e. The van der Waals surface area contributed by atoms with Gasteiger partial charge in [0.05, 0.1) is 12.5 Å². The second-order valence-electron chi connectivity index (χ2n) is 3.67. The molecule has 0 saturated heterocycles. The Morgan fingerprint density at radius 3 is 2.59 bits per heavy atom. The number of benzene rings is 1. The molecular weight excluding hydrogens is 216 g/mol. The molecule has 0 aliphatic rings. The van der Waals surface area contributed by atoms with Gasteiger partial charge in [-0.05, 0) is 11.1 Å². The molecule has 2 aromatic rings. The van der Waals surface area contributed by atoms with Crippen molar-refractivity contribution < 1.29 is 4.79 Å². The van der Waals surface area contributed by atoms with E-state index in [4.69, 9.17) is 5.73 Å². The zero-order chi connectivity index (χ0) is 12.1. The number of rotatable bonds is 4. The van der Waals surface area contributed by atoms with Gasteiger partial charge in [0.1, 0.15) is 5.69 Å². The summed E-state index contributed by atoms with van der Waals surface area (Å²) in [5.74, 6) is -0.162. The average molecular weight is 230 g/mol.